The van der Waals surface area contributed by atoms with E-state index in [2.05, 4.69) is 40.7 Å². The summed E-state index contributed by atoms with van der Waals surface area (Å²) < 4.78 is 47.0. The van der Waals surface area contributed by atoms with Gasteiger partial charge < -0.3 is 40.3 Å². The van der Waals surface area contributed by atoms with Gasteiger partial charge in [-0.05, 0) is 44.9 Å². The Kier molecular flexibility index (Phi) is 29.6. The van der Waals surface area contributed by atoms with Crippen molar-refractivity contribution in [1.82, 2.24) is 5.32 Å². The first kappa shape index (κ1) is 50.6. The normalized spacial score (nSPS) is 22.6. The molecule has 0 spiro atoms. The van der Waals surface area contributed by atoms with Gasteiger partial charge in [-0.15, -0.1) is 0 Å². The van der Waals surface area contributed by atoms with Crippen LogP contribution in [-0.2, 0) is 28.9 Å². The molecule has 1 aliphatic rings. The van der Waals surface area contributed by atoms with Crippen LogP contribution in [0.3, 0.4) is 0 Å². The molecule has 54 heavy (non-hydrogen) atoms. The van der Waals surface area contributed by atoms with E-state index in [1.807, 2.05) is 6.92 Å². The molecule has 0 aromatic carbocycles. The van der Waals surface area contributed by atoms with E-state index < -0.39 is 78.5 Å². The first-order chi connectivity index (χ1) is 25.9. The number of aliphatic hydroxyl groups excluding tert-OH is 5. The minimum atomic E-state index is -5.10. The maximum absolute atomic E-state index is 12.9. The standard InChI is InChI=1S/C40H75NO12S/c1-3-5-7-8-9-10-11-12-13-14-15-16-17-18-19-20-21-22-23-24-25-27-29-34(44)39(47)41-32(33(43)28-26-6-4-2)31-51-40-37(46)38(53-54(48,49)50)36(45)35(30-42)52-40/h15-16,18-19,32-38,40,42-46H,3-14,17,20-31H2,1-2H3,(H,41,47)(H,48,49,50)/b16-15-,19-18-. The predicted octanol–water partition coefficient (Wildman–Crippen LogP) is 5.96. The molecule has 0 saturated carbocycles. The number of aliphatic hydroxyl groups is 5. The smallest absolute Gasteiger partial charge is 0.394 e. The van der Waals surface area contributed by atoms with Crippen LogP contribution in [-0.4, -0.2) is 107 Å². The second-order valence-corrected chi connectivity index (χ2v) is 15.8. The number of hydrogen-bond acceptors (Lipinski definition) is 11. The van der Waals surface area contributed by atoms with Crippen molar-refractivity contribution in [3.8, 4) is 0 Å². The van der Waals surface area contributed by atoms with E-state index in [0.29, 0.717) is 19.3 Å². The summed E-state index contributed by atoms with van der Waals surface area (Å²) in [7, 11) is -5.10. The molecule has 0 radical (unpaired) electrons. The molecule has 1 fully saturated rings. The molecule has 13 nitrogen and oxygen atoms in total. The zero-order valence-corrected chi connectivity index (χ0v) is 34.0. The lowest BCUT2D eigenvalue weighted by molar-refractivity contribution is -0.298. The molecule has 0 aromatic heterocycles. The van der Waals surface area contributed by atoms with Gasteiger partial charge in [-0.3, -0.25) is 9.35 Å². The highest BCUT2D eigenvalue weighted by molar-refractivity contribution is 7.80. The molecule has 1 heterocycles. The Bertz CT molecular complexity index is 1090. The zero-order chi connectivity index (χ0) is 40.0. The molecule has 0 bridgehead atoms. The SMILES string of the molecule is CCCCCCCCCCC/C=C\C/C=C\CCCCCCCCC(O)C(=O)NC(COC1OC(CO)C(O)C(OS(=O)(=O)O)C1O)C(O)CCCCC. The number of nitrogens with one attached hydrogen (secondary N) is 1. The first-order valence-corrected chi connectivity index (χ1v) is 22.2. The summed E-state index contributed by atoms with van der Waals surface area (Å²) in [5, 5.41) is 54.4. The van der Waals surface area contributed by atoms with Gasteiger partial charge in [0.2, 0.25) is 5.91 Å². The fourth-order valence-electron chi connectivity index (χ4n) is 6.49. The van der Waals surface area contributed by atoms with E-state index in [4.69, 9.17) is 14.0 Å². The van der Waals surface area contributed by atoms with Crippen LogP contribution in [0, 0.1) is 0 Å². The molecule has 14 heteroatoms. The van der Waals surface area contributed by atoms with E-state index in [1.165, 1.54) is 64.2 Å². The Morgan fingerprint density at radius 3 is 1.78 bits per heavy atom. The minimum Gasteiger partial charge on any atom is -0.394 e. The van der Waals surface area contributed by atoms with Crippen LogP contribution in [0.1, 0.15) is 162 Å². The molecular formula is C40H75NO12S. The number of amides is 1. The van der Waals surface area contributed by atoms with E-state index in [1.54, 1.807) is 0 Å². The van der Waals surface area contributed by atoms with Crippen molar-refractivity contribution in [1.29, 1.82) is 0 Å². The third-order valence-electron chi connectivity index (χ3n) is 9.87. The lowest BCUT2D eigenvalue weighted by Crippen LogP contribution is -2.61. The molecular weight excluding hydrogens is 719 g/mol. The van der Waals surface area contributed by atoms with E-state index >= 15 is 0 Å². The average Bonchev–Trinajstić information content (AvgIpc) is 3.13. The largest absolute Gasteiger partial charge is 0.397 e. The second-order valence-electron chi connectivity index (χ2n) is 14.7. The minimum absolute atomic E-state index is 0.246. The van der Waals surface area contributed by atoms with Gasteiger partial charge in [-0.1, -0.05) is 141 Å². The van der Waals surface area contributed by atoms with Gasteiger partial charge in [0.1, 0.15) is 30.5 Å². The van der Waals surface area contributed by atoms with E-state index in [-0.39, 0.29) is 6.42 Å². The Labute approximate surface area is 325 Å². The number of ether oxygens (including phenoxy) is 2. The number of allylic oxidation sites excluding steroid dienone is 4. The summed E-state index contributed by atoms with van der Waals surface area (Å²) in [6.07, 6.45) is 22.2. The number of carbonyl (C=O) groups excluding carboxylic acids is 1. The predicted molar refractivity (Wildman–Crippen MR) is 210 cm³/mol. The summed E-state index contributed by atoms with van der Waals surface area (Å²) in [4.78, 5) is 12.9. The third kappa shape index (κ3) is 24.2. The Morgan fingerprint density at radius 2 is 1.24 bits per heavy atom. The van der Waals surface area contributed by atoms with Crippen LogP contribution < -0.4 is 5.32 Å². The number of hydrogen-bond donors (Lipinski definition) is 7. The van der Waals surface area contributed by atoms with Crippen LogP contribution >= 0.6 is 0 Å². The summed E-state index contributed by atoms with van der Waals surface area (Å²) in [6, 6.07) is -1.03. The van der Waals surface area contributed by atoms with Crippen molar-refractivity contribution in [3.63, 3.8) is 0 Å². The van der Waals surface area contributed by atoms with Crippen LogP contribution in [0.4, 0.5) is 0 Å². The summed E-state index contributed by atoms with van der Waals surface area (Å²) >= 11 is 0. The number of unbranched alkanes of at least 4 members (excludes halogenated alkanes) is 17. The summed E-state index contributed by atoms with van der Waals surface area (Å²) in [5.74, 6) is -0.690. The van der Waals surface area contributed by atoms with Crippen LogP contribution in [0.2, 0.25) is 0 Å². The number of rotatable bonds is 34. The van der Waals surface area contributed by atoms with Crippen molar-refractivity contribution < 1.29 is 57.0 Å². The monoisotopic (exact) mass is 794 g/mol. The van der Waals surface area contributed by atoms with Gasteiger partial charge in [-0.25, -0.2) is 4.18 Å². The fraction of sp³-hybridized carbons (Fsp3) is 0.875. The Morgan fingerprint density at radius 1 is 0.741 bits per heavy atom. The van der Waals surface area contributed by atoms with Crippen LogP contribution in [0.25, 0.3) is 0 Å². The average molecular weight is 794 g/mol. The van der Waals surface area contributed by atoms with Gasteiger partial charge >= 0.3 is 10.4 Å². The first-order valence-electron chi connectivity index (χ1n) is 20.8. The molecule has 0 aromatic rings. The maximum atomic E-state index is 12.9. The third-order valence-corrected chi connectivity index (χ3v) is 10.3. The maximum Gasteiger partial charge on any atom is 0.397 e. The van der Waals surface area contributed by atoms with Gasteiger partial charge in [0.05, 0.1) is 25.4 Å². The van der Waals surface area contributed by atoms with Crippen molar-refractivity contribution in [2.24, 2.45) is 0 Å². The summed E-state index contributed by atoms with van der Waals surface area (Å²) in [5.41, 5.74) is 0. The highest BCUT2D eigenvalue weighted by atomic mass is 32.3. The molecule has 8 atom stereocenters. The fourth-order valence-corrected chi connectivity index (χ4v) is 7.00. The zero-order valence-electron chi connectivity index (χ0n) is 33.1. The van der Waals surface area contributed by atoms with Gasteiger partial charge in [0.25, 0.3) is 0 Å². The van der Waals surface area contributed by atoms with Crippen molar-refractivity contribution in [3.05, 3.63) is 24.3 Å². The van der Waals surface area contributed by atoms with Gasteiger partial charge in [-0.2, -0.15) is 8.42 Å². The molecule has 7 N–H and O–H groups in total. The van der Waals surface area contributed by atoms with Crippen molar-refractivity contribution in [2.45, 2.75) is 210 Å². The van der Waals surface area contributed by atoms with E-state index in [9.17, 15) is 38.7 Å². The topological polar surface area (TPSA) is 212 Å². The second kappa shape index (κ2) is 31.6. The molecule has 1 saturated heterocycles. The quantitative estimate of drug-likeness (QED) is 0.0229. The number of carbonyl (C=O) groups is 1. The van der Waals surface area contributed by atoms with Crippen LogP contribution in [0.15, 0.2) is 24.3 Å². The highest BCUT2D eigenvalue weighted by Gasteiger charge is 2.48. The molecule has 1 amide bonds. The molecule has 0 aliphatic carbocycles. The van der Waals surface area contributed by atoms with Crippen molar-refractivity contribution >= 4 is 16.3 Å². The summed E-state index contributed by atoms with van der Waals surface area (Å²) in [6.45, 7) is 3.04. The molecule has 1 rings (SSSR count). The highest BCUT2D eigenvalue weighted by Crippen LogP contribution is 2.26. The Balaban J connectivity index is 2.34. The lowest BCUT2D eigenvalue weighted by Gasteiger charge is -2.41. The molecule has 1 aliphatic heterocycles. The molecule has 318 valence electrons. The lowest BCUT2D eigenvalue weighted by atomic mass is 9.99. The van der Waals surface area contributed by atoms with Gasteiger partial charge in [0, 0.05) is 0 Å². The van der Waals surface area contributed by atoms with Crippen molar-refractivity contribution in [2.75, 3.05) is 13.2 Å². The van der Waals surface area contributed by atoms with E-state index in [0.717, 1.165) is 57.8 Å². The molecule has 8 unspecified atom stereocenters. The van der Waals surface area contributed by atoms with Crippen LogP contribution in [0.5, 0.6) is 0 Å². The Hall–Kier alpha value is -1.46. The van der Waals surface area contributed by atoms with Gasteiger partial charge in [0.15, 0.2) is 6.29 Å².